The summed E-state index contributed by atoms with van der Waals surface area (Å²) in [4.78, 5) is 30.6. The molecule has 0 radical (unpaired) electrons. The number of Topliss-reactive ketones (excluding diaryl/α,β-unsaturated/α-hetero) is 1. The summed E-state index contributed by atoms with van der Waals surface area (Å²) in [5.41, 5.74) is 1.91. The number of hydrogen-bond donors (Lipinski definition) is 1. The van der Waals surface area contributed by atoms with Gasteiger partial charge in [0.25, 0.3) is 0 Å². The van der Waals surface area contributed by atoms with Crippen LogP contribution in [-0.2, 0) is 6.42 Å². The first-order chi connectivity index (χ1) is 9.49. The maximum Gasteiger partial charge on any atom is 0.355 e. The molecule has 20 heavy (non-hydrogen) atoms. The second-order valence-electron chi connectivity index (χ2n) is 4.51. The zero-order valence-electron chi connectivity index (χ0n) is 11.3. The summed E-state index contributed by atoms with van der Waals surface area (Å²) in [6, 6.07) is 7.75. The van der Waals surface area contributed by atoms with Crippen molar-refractivity contribution in [3.63, 3.8) is 0 Å². The average Bonchev–Trinajstić information content (AvgIpc) is 2.41. The molecule has 102 valence electrons. The Morgan fingerprint density at radius 1 is 1.25 bits per heavy atom. The Balaban J connectivity index is 2.40. The molecule has 0 atom stereocenters. The number of aromatic nitrogens is 2. The van der Waals surface area contributed by atoms with Crippen LogP contribution >= 0.6 is 0 Å². The van der Waals surface area contributed by atoms with Gasteiger partial charge in [0.2, 0.25) is 0 Å². The number of carboxylic acids is 1. The van der Waals surface area contributed by atoms with Crippen molar-refractivity contribution in [3.05, 3.63) is 58.7 Å². The summed E-state index contributed by atoms with van der Waals surface area (Å²) < 4.78 is 0. The Bertz CT molecular complexity index is 681. The molecule has 0 saturated heterocycles. The molecule has 0 spiro atoms. The van der Waals surface area contributed by atoms with Crippen LogP contribution in [0.15, 0.2) is 30.5 Å². The molecule has 1 heterocycles. The lowest BCUT2D eigenvalue weighted by atomic mass is 10.1. The van der Waals surface area contributed by atoms with Crippen molar-refractivity contribution < 1.29 is 14.7 Å². The molecule has 0 aliphatic heterocycles. The van der Waals surface area contributed by atoms with E-state index >= 15 is 0 Å². The van der Waals surface area contributed by atoms with Gasteiger partial charge >= 0.3 is 5.97 Å². The average molecular weight is 270 g/mol. The molecular formula is C15H14N2O3. The van der Waals surface area contributed by atoms with Crippen molar-refractivity contribution in [2.45, 2.75) is 20.3 Å². The Morgan fingerprint density at radius 3 is 2.55 bits per heavy atom. The molecule has 0 amide bonds. The first kappa shape index (κ1) is 13.9. The van der Waals surface area contributed by atoms with Crippen LogP contribution in [-0.4, -0.2) is 26.8 Å². The van der Waals surface area contributed by atoms with Gasteiger partial charge < -0.3 is 5.11 Å². The van der Waals surface area contributed by atoms with Crippen LogP contribution in [0.5, 0.6) is 0 Å². The summed E-state index contributed by atoms with van der Waals surface area (Å²) in [6.45, 7) is 3.27. The van der Waals surface area contributed by atoms with E-state index in [1.54, 1.807) is 0 Å². The third-order valence-corrected chi connectivity index (χ3v) is 3.03. The van der Waals surface area contributed by atoms with Crippen molar-refractivity contribution in [2.24, 2.45) is 0 Å². The van der Waals surface area contributed by atoms with Gasteiger partial charge in [-0.1, -0.05) is 24.3 Å². The number of aromatic carboxylic acids is 1. The number of benzene rings is 1. The first-order valence-electron chi connectivity index (χ1n) is 6.13. The van der Waals surface area contributed by atoms with Crippen LogP contribution in [0.25, 0.3) is 0 Å². The third-order valence-electron chi connectivity index (χ3n) is 3.03. The van der Waals surface area contributed by atoms with E-state index in [0.29, 0.717) is 12.2 Å². The summed E-state index contributed by atoms with van der Waals surface area (Å²) in [7, 11) is 0. The van der Waals surface area contributed by atoms with Gasteiger partial charge in [0, 0.05) is 12.6 Å². The monoisotopic (exact) mass is 270 g/mol. The van der Waals surface area contributed by atoms with Gasteiger partial charge in [-0.2, -0.15) is 0 Å². The molecule has 0 bridgehead atoms. The fourth-order valence-electron chi connectivity index (χ4n) is 1.90. The molecule has 5 heteroatoms. The van der Waals surface area contributed by atoms with E-state index in [-0.39, 0.29) is 17.0 Å². The molecule has 2 aromatic rings. The maximum absolute atomic E-state index is 11.4. The van der Waals surface area contributed by atoms with E-state index in [1.807, 2.05) is 31.2 Å². The van der Waals surface area contributed by atoms with Crippen LogP contribution in [0.4, 0.5) is 0 Å². The van der Waals surface area contributed by atoms with Gasteiger partial charge in [-0.05, 0) is 25.0 Å². The molecule has 0 saturated carbocycles. The van der Waals surface area contributed by atoms with Crippen molar-refractivity contribution in [1.82, 2.24) is 9.97 Å². The predicted molar refractivity (Wildman–Crippen MR) is 73.0 cm³/mol. The zero-order chi connectivity index (χ0) is 14.7. The standard InChI is InChI=1S/C15H14N2O3/c1-9-5-3-4-6-11(9)7-13-16-8-12(10(2)18)14(17-13)15(19)20/h3-6,8H,7H2,1-2H3,(H,19,20). The Labute approximate surface area is 116 Å². The van der Waals surface area contributed by atoms with Gasteiger partial charge in [0.15, 0.2) is 11.5 Å². The SMILES string of the molecule is CC(=O)c1cnc(Cc2ccccc2C)nc1C(=O)O. The highest BCUT2D eigenvalue weighted by Crippen LogP contribution is 2.13. The van der Waals surface area contributed by atoms with Gasteiger partial charge in [-0.3, -0.25) is 4.79 Å². The number of ketones is 1. The minimum atomic E-state index is -1.22. The molecule has 1 aromatic carbocycles. The summed E-state index contributed by atoms with van der Waals surface area (Å²) in [6.07, 6.45) is 1.72. The van der Waals surface area contributed by atoms with Crippen molar-refractivity contribution in [3.8, 4) is 0 Å². The number of hydrogen-bond acceptors (Lipinski definition) is 4. The van der Waals surface area contributed by atoms with Crippen LogP contribution < -0.4 is 0 Å². The molecular weight excluding hydrogens is 256 g/mol. The molecule has 0 unspecified atom stereocenters. The highest BCUT2D eigenvalue weighted by atomic mass is 16.4. The van der Waals surface area contributed by atoms with Crippen LogP contribution in [0.2, 0.25) is 0 Å². The quantitative estimate of drug-likeness (QED) is 0.862. The largest absolute Gasteiger partial charge is 0.476 e. The molecule has 0 fully saturated rings. The van der Waals surface area contributed by atoms with E-state index in [0.717, 1.165) is 11.1 Å². The van der Waals surface area contributed by atoms with Crippen LogP contribution in [0, 0.1) is 6.92 Å². The Morgan fingerprint density at radius 2 is 1.95 bits per heavy atom. The third kappa shape index (κ3) is 2.88. The molecule has 0 aliphatic rings. The van der Waals surface area contributed by atoms with E-state index in [9.17, 15) is 9.59 Å². The van der Waals surface area contributed by atoms with E-state index in [1.165, 1.54) is 13.1 Å². The number of carbonyl (C=O) groups is 2. The lowest BCUT2D eigenvalue weighted by Crippen LogP contribution is -2.12. The van der Waals surface area contributed by atoms with Gasteiger partial charge in [0.05, 0.1) is 5.56 Å². The minimum Gasteiger partial charge on any atom is -0.476 e. The highest BCUT2D eigenvalue weighted by Gasteiger charge is 2.17. The summed E-state index contributed by atoms with van der Waals surface area (Å²) in [5, 5.41) is 9.12. The van der Waals surface area contributed by atoms with Gasteiger partial charge in [-0.15, -0.1) is 0 Å². The predicted octanol–water partition coefficient (Wildman–Crippen LogP) is 2.28. The Hall–Kier alpha value is -2.56. The summed E-state index contributed by atoms with van der Waals surface area (Å²) >= 11 is 0. The number of carbonyl (C=O) groups excluding carboxylic acids is 1. The zero-order valence-corrected chi connectivity index (χ0v) is 11.3. The normalized spacial score (nSPS) is 10.3. The van der Waals surface area contributed by atoms with Crippen molar-refractivity contribution >= 4 is 11.8 Å². The molecule has 1 N–H and O–H groups in total. The second-order valence-corrected chi connectivity index (χ2v) is 4.51. The fraction of sp³-hybridized carbons (Fsp3) is 0.200. The van der Waals surface area contributed by atoms with Gasteiger partial charge in [-0.25, -0.2) is 14.8 Å². The minimum absolute atomic E-state index is 0.0334. The summed E-state index contributed by atoms with van der Waals surface area (Å²) in [5.74, 6) is -1.19. The molecule has 5 nitrogen and oxygen atoms in total. The fourth-order valence-corrected chi connectivity index (χ4v) is 1.90. The highest BCUT2D eigenvalue weighted by molar-refractivity contribution is 6.03. The second kappa shape index (κ2) is 5.61. The number of nitrogens with zero attached hydrogens (tertiary/aromatic N) is 2. The smallest absolute Gasteiger partial charge is 0.355 e. The molecule has 0 aliphatic carbocycles. The number of carboxylic acid groups (broad SMARTS) is 1. The topological polar surface area (TPSA) is 80.2 Å². The maximum atomic E-state index is 11.4. The lowest BCUT2D eigenvalue weighted by Gasteiger charge is -2.07. The Kier molecular flexibility index (Phi) is 3.89. The van der Waals surface area contributed by atoms with Crippen molar-refractivity contribution in [1.29, 1.82) is 0 Å². The van der Waals surface area contributed by atoms with Crippen molar-refractivity contribution in [2.75, 3.05) is 0 Å². The molecule has 2 rings (SSSR count). The lowest BCUT2D eigenvalue weighted by molar-refractivity contribution is 0.0685. The first-order valence-corrected chi connectivity index (χ1v) is 6.13. The van der Waals surface area contributed by atoms with E-state index < -0.39 is 5.97 Å². The number of aryl methyl sites for hydroxylation is 1. The number of rotatable bonds is 4. The van der Waals surface area contributed by atoms with Gasteiger partial charge in [0.1, 0.15) is 5.82 Å². The van der Waals surface area contributed by atoms with E-state index in [4.69, 9.17) is 5.11 Å². The van der Waals surface area contributed by atoms with Crippen LogP contribution in [0.1, 0.15) is 44.7 Å². The molecule has 1 aromatic heterocycles. The van der Waals surface area contributed by atoms with E-state index in [2.05, 4.69) is 9.97 Å². The van der Waals surface area contributed by atoms with Crippen LogP contribution in [0.3, 0.4) is 0 Å².